The van der Waals surface area contributed by atoms with Gasteiger partial charge in [-0.2, -0.15) is 18.3 Å². The molecule has 0 saturated carbocycles. The van der Waals surface area contributed by atoms with Gasteiger partial charge in [-0.3, -0.25) is 5.32 Å². The predicted octanol–water partition coefficient (Wildman–Crippen LogP) is 4.11. The third kappa shape index (κ3) is 4.40. The van der Waals surface area contributed by atoms with Gasteiger partial charge in [0.2, 0.25) is 5.72 Å². The van der Waals surface area contributed by atoms with E-state index in [0.29, 0.717) is 27.9 Å². The quantitative estimate of drug-likeness (QED) is 0.422. The third-order valence-electron chi connectivity index (χ3n) is 5.02. The summed E-state index contributed by atoms with van der Waals surface area (Å²) in [7, 11) is 0. The van der Waals surface area contributed by atoms with Crippen molar-refractivity contribution in [1.82, 2.24) is 20.5 Å². The lowest BCUT2D eigenvalue weighted by Crippen LogP contribution is -2.59. The van der Waals surface area contributed by atoms with Crippen molar-refractivity contribution in [2.75, 3.05) is 0 Å². The Morgan fingerprint density at radius 3 is 2.52 bits per heavy atom. The van der Waals surface area contributed by atoms with Crippen LogP contribution in [0.4, 0.5) is 17.6 Å². The SMILES string of the molecule is Cc1ccc(F)cc1C(C)(C)CC(O)(NCc1cc2nnccc2[nH]1)C(F)(F)F. The first-order valence-electron chi connectivity index (χ1n) is 9.01. The van der Waals surface area contributed by atoms with E-state index >= 15 is 0 Å². The van der Waals surface area contributed by atoms with E-state index in [0.717, 1.165) is 0 Å². The van der Waals surface area contributed by atoms with Crippen LogP contribution in [0.2, 0.25) is 0 Å². The van der Waals surface area contributed by atoms with Crippen LogP contribution in [0.15, 0.2) is 36.5 Å². The summed E-state index contributed by atoms with van der Waals surface area (Å²) in [4.78, 5) is 2.94. The molecule has 0 aliphatic carbocycles. The van der Waals surface area contributed by atoms with Crippen LogP contribution in [-0.2, 0) is 12.0 Å². The molecule has 5 nitrogen and oxygen atoms in total. The lowest BCUT2D eigenvalue weighted by Gasteiger charge is -2.39. The van der Waals surface area contributed by atoms with Crippen LogP contribution in [0.5, 0.6) is 0 Å². The first-order valence-corrected chi connectivity index (χ1v) is 9.01. The van der Waals surface area contributed by atoms with Crippen LogP contribution in [0.1, 0.15) is 37.1 Å². The largest absolute Gasteiger partial charge is 0.431 e. The maximum atomic E-state index is 13.8. The van der Waals surface area contributed by atoms with Crippen LogP contribution in [0.25, 0.3) is 11.0 Å². The lowest BCUT2D eigenvalue weighted by molar-refractivity contribution is -0.280. The van der Waals surface area contributed by atoms with Crippen molar-refractivity contribution in [3.8, 4) is 0 Å². The smallest absolute Gasteiger partial charge is 0.368 e. The maximum Gasteiger partial charge on any atom is 0.431 e. The number of rotatable bonds is 6. The molecular weight excluding hydrogens is 388 g/mol. The van der Waals surface area contributed by atoms with E-state index < -0.39 is 29.6 Å². The van der Waals surface area contributed by atoms with Crippen molar-refractivity contribution >= 4 is 11.0 Å². The number of benzene rings is 1. The molecule has 9 heteroatoms. The van der Waals surface area contributed by atoms with Gasteiger partial charge in [0.05, 0.1) is 11.7 Å². The molecule has 3 aromatic rings. The van der Waals surface area contributed by atoms with Crippen molar-refractivity contribution < 1.29 is 22.7 Å². The van der Waals surface area contributed by atoms with Crippen LogP contribution >= 0.6 is 0 Å². The monoisotopic (exact) mass is 410 g/mol. The van der Waals surface area contributed by atoms with Gasteiger partial charge in [-0.05, 0) is 47.7 Å². The van der Waals surface area contributed by atoms with Gasteiger partial charge in [-0.25, -0.2) is 4.39 Å². The van der Waals surface area contributed by atoms with Crippen LogP contribution in [0.3, 0.4) is 0 Å². The van der Waals surface area contributed by atoms with E-state index in [1.165, 1.54) is 24.4 Å². The minimum absolute atomic E-state index is 0.273. The molecule has 29 heavy (non-hydrogen) atoms. The van der Waals surface area contributed by atoms with Gasteiger partial charge in [-0.1, -0.05) is 19.9 Å². The van der Waals surface area contributed by atoms with Crippen LogP contribution in [-0.4, -0.2) is 32.2 Å². The number of fused-ring (bicyclic) bond motifs is 1. The number of nitrogens with one attached hydrogen (secondary N) is 2. The molecule has 0 bridgehead atoms. The van der Waals surface area contributed by atoms with Crippen molar-refractivity contribution in [2.24, 2.45) is 0 Å². The number of alkyl halides is 3. The number of aryl methyl sites for hydroxylation is 1. The molecule has 3 rings (SSSR count). The Bertz CT molecular complexity index is 982. The Hall–Kier alpha value is -2.52. The zero-order valence-corrected chi connectivity index (χ0v) is 16.2. The number of H-pyrrole nitrogens is 1. The highest BCUT2D eigenvalue weighted by molar-refractivity contribution is 5.74. The summed E-state index contributed by atoms with van der Waals surface area (Å²) in [5, 5.41) is 20.4. The average molecular weight is 410 g/mol. The standard InChI is InChI=1S/C20H22F4N4O/c1-12-4-5-13(21)8-15(12)18(2,3)11-19(29,20(22,23)24)25-10-14-9-17-16(27-14)6-7-26-28-17/h4-9,25,27,29H,10-11H2,1-3H3. The first kappa shape index (κ1) is 21.2. The highest BCUT2D eigenvalue weighted by Crippen LogP contribution is 2.40. The minimum atomic E-state index is -4.95. The van der Waals surface area contributed by atoms with Crippen molar-refractivity contribution in [3.05, 3.63) is 59.2 Å². The van der Waals surface area contributed by atoms with Gasteiger partial charge >= 0.3 is 6.18 Å². The Morgan fingerprint density at radius 1 is 1.14 bits per heavy atom. The van der Waals surface area contributed by atoms with E-state index in [-0.39, 0.29) is 6.54 Å². The van der Waals surface area contributed by atoms with Crippen molar-refractivity contribution in [3.63, 3.8) is 0 Å². The van der Waals surface area contributed by atoms with Gasteiger partial charge in [0.25, 0.3) is 0 Å². The molecule has 1 unspecified atom stereocenters. The summed E-state index contributed by atoms with van der Waals surface area (Å²) in [6.45, 7) is 4.52. The number of hydrogen-bond donors (Lipinski definition) is 3. The van der Waals surface area contributed by atoms with Gasteiger partial charge in [0.1, 0.15) is 11.3 Å². The zero-order chi connectivity index (χ0) is 21.4. The Kier molecular flexibility index (Phi) is 5.40. The highest BCUT2D eigenvalue weighted by Gasteiger charge is 2.56. The number of aromatic amines is 1. The molecule has 0 radical (unpaired) electrons. The fourth-order valence-electron chi connectivity index (χ4n) is 3.59. The van der Waals surface area contributed by atoms with Crippen molar-refractivity contribution in [2.45, 2.75) is 51.1 Å². The Balaban J connectivity index is 1.86. The molecule has 0 fully saturated rings. The van der Waals surface area contributed by atoms with Gasteiger partial charge < -0.3 is 10.1 Å². The van der Waals surface area contributed by atoms with Gasteiger partial charge in [0.15, 0.2) is 0 Å². The molecule has 156 valence electrons. The summed E-state index contributed by atoms with van der Waals surface area (Å²) < 4.78 is 55.2. The minimum Gasteiger partial charge on any atom is -0.368 e. The summed E-state index contributed by atoms with van der Waals surface area (Å²) in [6, 6.07) is 7.19. The molecule has 1 aromatic carbocycles. The number of nitrogens with zero attached hydrogens (tertiary/aromatic N) is 2. The number of aliphatic hydroxyl groups is 1. The molecule has 0 saturated heterocycles. The molecular formula is C20H22F4N4O. The van der Waals surface area contributed by atoms with E-state index in [2.05, 4.69) is 20.5 Å². The molecule has 0 aliphatic rings. The fourth-order valence-corrected chi connectivity index (χ4v) is 3.59. The molecule has 3 N–H and O–H groups in total. The average Bonchev–Trinajstić information content (AvgIpc) is 3.04. The first-order chi connectivity index (χ1) is 13.4. The second-order valence-electron chi connectivity index (χ2n) is 7.86. The topological polar surface area (TPSA) is 73.8 Å². The number of hydrogen-bond acceptors (Lipinski definition) is 4. The summed E-state index contributed by atoms with van der Waals surface area (Å²) in [5.41, 5.74) is -1.73. The third-order valence-corrected chi connectivity index (χ3v) is 5.02. The summed E-state index contributed by atoms with van der Waals surface area (Å²) in [5.74, 6) is -0.540. The van der Waals surface area contributed by atoms with E-state index in [1.807, 2.05) is 0 Å². The van der Waals surface area contributed by atoms with E-state index in [9.17, 15) is 22.7 Å². The molecule has 1 atom stereocenters. The Morgan fingerprint density at radius 2 is 1.86 bits per heavy atom. The van der Waals surface area contributed by atoms with Crippen LogP contribution < -0.4 is 5.32 Å². The van der Waals surface area contributed by atoms with Gasteiger partial charge in [0, 0.05) is 18.7 Å². The molecule has 0 aliphatic heterocycles. The molecule has 0 spiro atoms. The highest BCUT2D eigenvalue weighted by atomic mass is 19.4. The summed E-state index contributed by atoms with van der Waals surface area (Å²) in [6.07, 6.45) is -4.18. The number of aromatic nitrogens is 3. The normalized spacial score (nSPS) is 14.9. The van der Waals surface area contributed by atoms with E-state index in [4.69, 9.17) is 0 Å². The molecule has 0 amide bonds. The fraction of sp³-hybridized carbons (Fsp3) is 0.400. The van der Waals surface area contributed by atoms with Crippen LogP contribution in [0, 0.1) is 12.7 Å². The number of halogens is 4. The second-order valence-corrected chi connectivity index (χ2v) is 7.86. The van der Waals surface area contributed by atoms with Gasteiger partial charge in [-0.15, -0.1) is 5.10 Å². The van der Waals surface area contributed by atoms with E-state index in [1.54, 1.807) is 32.9 Å². The van der Waals surface area contributed by atoms with Crippen molar-refractivity contribution in [1.29, 1.82) is 0 Å². The molecule has 2 heterocycles. The lowest BCUT2D eigenvalue weighted by atomic mass is 9.75. The molecule has 2 aromatic heterocycles. The summed E-state index contributed by atoms with van der Waals surface area (Å²) >= 11 is 0. The zero-order valence-electron chi connectivity index (χ0n) is 16.2. The maximum absolute atomic E-state index is 13.8. The Labute approximate surface area is 165 Å². The predicted molar refractivity (Wildman–Crippen MR) is 101 cm³/mol. The second kappa shape index (κ2) is 7.38.